The van der Waals surface area contributed by atoms with Gasteiger partial charge in [0.05, 0.1) is 27.0 Å². The number of aromatic nitrogens is 3. The lowest BCUT2D eigenvalue weighted by molar-refractivity contribution is 0.331. The van der Waals surface area contributed by atoms with Crippen molar-refractivity contribution < 1.29 is 14.2 Å². The summed E-state index contributed by atoms with van der Waals surface area (Å²) in [6.45, 7) is 1.60. The fourth-order valence-electron chi connectivity index (χ4n) is 2.51. The van der Waals surface area contributed by atoms with Crippen molar-refractivity contribution in [3.05, 3.63) is 60.3 Å². The molecule has 0 spiro atoms. The third kappa shape index (κ3) is 5.47. The molecule has 0 fully saturated rings. The minimum absolute atomic E-state index is 0.437. The third-order valence-corrected chi connectivity index (χ3v) is 3.92. The van der Waals surface area contributed by atoms with Crippen molar-refractivity contribution in [3.8, 4) is 17.2 Å². The highest BCUT2D eigenvalue weighted by Crippen LogP contribution is 2.18. The van der Waals surface area contributed by atoms with Crippen LogP contribution in [0.15, 0.2) is 54.7 Å². The quantitative estimate of drug-likeness (QED) is 0.518. The number of nitrogens with one attached hydrogen (secondary N) is 2. The molecule has 0 aliphatic heterocycles. The fraction of sp³-hybridized carbons (Fsp3) is 0.250. The third-order valence-electron chi connectivity index (χ3n) is 3.92. The zero-order valence-electron chi connectivity index (χ0n) is 15.9. The first-order valence-electron chi connectivity index (χ1n) is 8.84. The Bertz CT molecular complexity index is 874. The molecular formula is C20H23N5O3. The number of anilines is 2. The lowest BCUT2D eigenvalue weighted by atomic mass is 10.2. The lowest BCUT2D eigenvalue weighted by Crippen LogP contribution is -2.14. The molecule has 0 aliphatic carbocycles. The van der Waals surface area contributed by atoms with Crippen LogP contribution >= 0.6 is 0 Å². The number of para-hydroxylation sites is 1. The second-order valence-electron chi connectivity index (χ2n) is 5.78. The number of methoxy groups -OCH3 is 2. The van der Waals surface area contributed by atoms with E-state index in [-0.39, 0.29) is 0 Å². The van der Waals surface area contributed by atoms with Crippen LogP contribution in [0.25, 0.3) is 0 Å². The summed E-state index contributed by atoms with van der Waals surface area (Å²) in [7, 11) is 3.28. The van der Waals surface area contributed by atoms with E-state index in [1.807, 2.05) is 48.5 Å². The smallest absolute Gasteiger partial charge is 0.244 e. The van der Waals surface area contributed by atoms with Crippen LogP contribution in [0.3, 0.4) is 0 Å². The average Bonchev–Trinajstić information content (AvgIpc) is 2.76. The number of hydrogen-bond donors (Lipinski definition) is 2. The van der Waals surface area contributed by atoms with E-state index in [9.17, 15) is 0 Å². The predicted molar refractivity (Wildman–Crippen MR) is 107 cm³/mol. The minimum atomic E-state index is 0.437. The second-order valence-corrected chi connectivity index (χ2v) is 5.78. The largest absolute Gasteiger partial charge is 0.497 e. The average molecular weight is 381 g/mol. The van der Waals surface area contributed by atoms with Gasteiger partial charge in [-0.1, -0.05) is 18.2 Å². The maximum atomic E-state index is 5.68. The number of hydrogen-bond acceptors (Lipinski definition) is 8. The van der Waals surface area contributed by atoms with Gasteiger partial charge < -0.3 is 24.8 Å². The molecule has 0 amide bonds. The Balaban J connectivity index is 1.46. The van der Waals surface area contributed by atoms with Crippen molar-refractivity contribution >= 4 is 11.8 Å². The first-order chi connectivity index (χ1) is 13.8. The van der Waals surface area contributed by atoms with E-state index in [0.717, 1.165) is 22.8 Å². The van der Waals surface area contributed by atoms with Gasteiger partial charge in [-0.05, 0) is 30.3 Å². The Kier molecular flexibility index (Phi) is 6.84. The topological polar surface area (TPSA) is 90.4 Å². The summed E-state index contributed by atoms with van der Waals surface area (Å²) in [5.74, 6) is 3.45. The number of benzene rings is 2. The van der Waals surface area contributed by atoms with Gasteiger partial charge in [0.2, 0.25) is 5.95 Å². The number of rotatable bonds is 10. The highest BCUT2D eigenvalue weighted by Gasteiger charge is 2.04. The summed E-state index contributed by atoms with van der Waals surface area (Å²) in [6.07, 6.45) is 1.57. The Labute approximate surface area is 163 Å². The van der Waals surface area contributed by atoms with Crippen molar-refractivity contribution in [2.24, 2.45) is 0 Å². The highest BCUT2D eigenvalue weighted by atomic mass is 16.5. The van der Waals surface area contributed by atoms with Crippen molar-refractivity contribution in [1.29, 1.82) is 0 Å². The second kappa shape index (κ2) is 9.96. The van der Waals surface area contributed by atoms with Crippen LogP contribution in [0.1, 0.15) is 5.56 Å². The molecule has 0 bridgehead atoms. The van der Waals surface area contributed by atoms with E-state index in [4.69, 9.17) is 14.2 Å². The van der Waals surface area contributed by atoms with E-state index in [2.05, 4.69) is 25.8 Å². The number of nitrogens with zero attached hydrogens (tertiary/aromatic N) is 3. The van der Waals surface area contributed by atoms with Crippen LogP contribution in [-0.2, 0) is 6.54 Å². The maximum absolute atomic E-state index is 5.68. The molecule has 0 saturated heterocycles. The SMILES string of the molecule is COc1ccc(OCCNc2cnnc(NCc3ccccc3OC)n2)cc1. The van der Waals surface area contributed by atoms with Gasteiger partial charge in [0, 0.05) is 12.1 Å². The molecule has 0 unspecified atom stereocenters. The normalized spacial score (nSPS) is 10.2. The molecule has 2 N–H and O–H groups in total. The zero-order valence-corrected chi connectivity index (χ0v) is 15.9. The van der Waals surface area contributed by atoms with Gasteiger partial charge >= 0.3 is 0 Å². The molecule has 0 aliphatic rings. The molecule has 146 valence electrons. The van der Waals surface area contributed by atoms with Gasteiger partial charge in [-0.15, -0.1) is 5.10 Å². The van der Waals surface area contributed by atoms with Crippen LogP contribution in [0.2, 0.25) is 0 Å². The van der Waals surface area contributed by atoms with E-state index in [1.165, 1.54) is 0 Å². The van der Waals surface area contributed by atoms with E-state index >= 15 is 0 Å². The monoisotopic (exact) mass is 381 g/mol. The molecule has 2 aromatic carbocycles. The zero-order chi connectivity index (χ0) is 19.6. The molecule has 1 heterocycles. The van der Waals surface area contributed by atoms with Gasteiger partial charge in [-0.25, -0.2) is 0 Å². The first-order valence-corrected chi connectivity index (χ1v) is 8.84. The molecule has 28 heavy (non-hydrogen) atoms. The first kappa shape index (κ1) is 19.2. The van der Waals surface area contributed by atoms with Gasteiger partial charge in [0.15, 0.2) is 5.82 Å². The van der Waals surface area contributed by atoms with Crippen molar-refractivity contribution in [2.75, 3.05) is 38.0 Å². The van der Waals surface area contributed by atoms with Crippen molar-refractivity contribution in [3.63, 3.8) is 0 Å². The molecule has 8 nitrogen and oxygen atoms in total. The van der Waals surface area contributed by atoms with Crippen LogP contribution in [0.5, 0.6) is 17.2 Å². The van der Waals surface area contributed by atoms with E-state index in [0.29, 0.717) is 31.5 Å². The van der Waals surface area contributed by atoms with Gasteiger partial charge in [0.25, 0.3) is 0 Å². The summed E-state index contributed by atoms with van der Waals surface area (Å²) >= 11 is 0. The summed E-state index contributed by atoms with van der Waals surface area (Å²) in [5, 5.41) is 14.3. The predicted octanol–water partition coefficient (Wildman–Crippen LogP) is 2.99. The van der Waals surface area contributed by atoms with Gasteiger partial charge in [0.1, 0.15) is 23.9 Å². The molecule has 8 heteroatoms. The summed E-state index contributed by atoms with van der Waals surface area (Å²) < 4.78 is 16.1. The van der Waals surface area contributed by atoms with Crippen molar-refractivity contribution in [1.82, 2.24) is 15.2 Å². The molecule has 0 radical (unpaired) electrons. The van der Waals surface area contributed by atoms with Crippen molar-refractivity contribution in [2.45, 2.75) is 6.54 Å². The van der Waals surface area contributed by atoms with Crippen LogP contribution in [0, 0.1) is 0 Å². The Morgan fingerprint density at radius 1 is 0.893 bits per heavy atom. The molecule has 3 rings (SSSR count). The van der Waals surface area contributed by atoms with Crippen LogP contribution in [0.4, 0.5) is 11.8 Å². The lowest BCUT2D eigenvalue weighted by Gasteiger charge is -2.10. The summed E-state index contributed by atoms with van der Waals surface area (Å²) in [6, 6.07) is 15.2. The van der Waals surface area contributed by atoms with Crippen LogP contribution < -0.4 is 24.8 Å². The van der Waals surface area contributed by atoms with Gasteiger partial charge in [-0.2, -0.15) is 10.1 Å². The standard InChI is InChI=1S/C20H23N5O3/c1-26-16-7-9-17(10-8-16)28-12-11-21-19-14-23-25-20(24-19)22-13-15-5-3-4-6-18(15)27-2/h3-10,14H,11-13H2,1-2H3,(H2,21,22,24,25). The Hall–Kier alpha value is -3.55. The Morgan fingerprint density at radius 3 is 2.46 bits per heavy atom. The summed E-state index contributed by atoms with van der Waals surface area (Å²) in [4.78, 5) is 4.40. The van der Waals surface area contributed by atoms with E-state index in [1.54, 1.807) is 20.4 Å². The highest BCUT2D eigenvalue weighted by molar-refractivity contribution is 5.40. The fourth-order valence-corrected chi connectivity index (χ4v) is 2.51. The maximum Gasteiger partial charge on any atom is 0.244 e. The summed E-state index contributed by atoms with van der Waals surface area (Å²) in [5.41, 5.74) is 1.01. The molecular weight excluding hydrogens is 358 g/mol. The van der Waals surface area contributed by atoms with Gasteiger partial charge in [-0.3, -0.25) is 0 Å². The molecule has 3 aromatic rings. The molecule has 1 aromatic heterocycles. The minimum Gasteiger partial charge on any atom is -0.497 e. The molecule has 0 atom stereocenters. The Morgan fingerprint density at radius 2 is 1.68 bits per heavy atom. The molecule has 0 saturated carbocycles. The van der Waals surface area contributed by atoms with E-state index < -0.39 is 0 Å². The number of ether oxygens (including phenoxy) is 3. The van der Waals surface area contributed by atoms with Crippen LogP contribution in [-0.4, -0.2) is 42.6 Å².